The second-order valence-electron chi connectivity index (χ2n) is 6.49. The van der Waals surface area contributed by atoms with E-state index in [9.17, 15) is 9.18 Å². The van der Waals surface area contributed by atoms with Crippen molar-refractivity contribution in [2.45, 2.75) is 18.1 Å². The van der Waals surface area contributed by atoms with E-state index >= 15 is 0 Å². The molecule has 0 bridgehead atoms. The van der Waals surface area contributed by atoms with Crippen LogP contribution in [0.1, 0.15) is 15.2 Å². The molecule has 2 heterocycles. The number of aromatic nitrogens is 3. The lowest BCUT2D eigenvalue weighted by Gasteiger charge is -2.11. The van der Waals surface area contributed by atoms with E-state index in [4.69, 9.17) is 11.6 Å². The molecule has 30 heavy (non-hydrogen) atoms. The number of thioether (sulfide) groups is 1. The number of Topliss-reactive ketones (excluding diaryl/α,β-unsaturated/α-hetero) is 1. The molecule has 0 aliphatic heterocycles. The predicted octanol–water partition coefficient (Wildman–Crippen LogP) is 6.02. The van der Waals surface area contributed by atoms with E-state index in [0.29, 0.717) is 32.3 Å². The SMILES string of the molecule is O=C(CSc1nnc(-c2ccccc2F)n1CCc1ccccc1)c1ccc(Cl)s1. The minimum absolute atomic E-state index is 0.0260. The van der Waals surface area contributed by atoms with Gasteiger partial charge in [-0.1, -0.05) is 65.8 Å². The molecule has 0 spiro atoms. The van der Waals surface area contributed by atoms with Gasteiger partial charge in [-0.25, -0.2) is 4.39 Å². The molecular weight excluding hydrogens is 441 g/mol. The average molecular weight is 458 g/mol. The van der Waals surface area contributed by atoms with Crippen LogP contribution in [0.15, 0.2) is 71.9 Å². The smallest absolute Gasteiger partial charge is 0.191 e. The monoisotopic (exact) mass is 457 g/mol. The largest absolute Gasteiger partial charge is 0.302 e. The molecule has 0 unspecified atom stereocenters. The molecule has 0 radical (unpaired) electrons. The van der Waals surface area contributed by atoms with Crippen molar-refractivity contribution in [2.75, 3.05) is 5.75 Å². The maximum absolute atomic E-state index is 14.4. The van der Waals surface area contributed by atoms with Crippen LogP contribution in [0.3, 0.4) is 0 Å². The summed E-state index contributed by atoms with van der Waals surface area (Å²) in [5, 5.41) is 9.07. The Bertz CT molecular complexity index is 1160. The summed E-state index contributed by atoms with van der Waals surface area (Å²) in [6.07, 6.45) is 0.738. The summed E-state index contributed by atoms with van der Waals surface area (Å²) in [5.74, 6) is 0.282. The summed E-state index contributed by atoms with van der Waals surface area (Å²) >= 11 is 8.48. The quantitative estimate of drug-likeness (QED) is 0.240. The number of halogens is 2. The topological polar surface area (TPSA) is 47.8 Å². The first kappa shape index (κ1) is 20.8. The van der Waals surface area contributed by atoms with Crippen LogP contribution in [-0.4, -0.2) is 26.3 Å². The van der Waals surface area contributed by atoms with Crippen LogP contribution in [0.25, 0.3) is 11.4 Å². The number of nitrogens with zero attached hydrogens (tertiary/aromatic N) is 3. The Morgan fingerprint density at radius 2 is 1.80 bits per heavy atom. The first-order chi connectivity index (χ1) is 14.6. The van der Waals surface area contributed by atoms with Crippen LogP contribution in [0.4, 0.5) is 4.39 Å². The van der Waals surface area contributed by atoms with E-state index < -0.39 is 0 Å². The van der Waals surface area contributed by atoms with Crippen LogP contribution in [-0.2, 0) is 13.0 Å². The molecule has 0 amide bonds. The minimum atomic E-state index is -0.355. The zero-order valence-electron chi connectivity index (χ0n) is 15.8. The van der Waals surface area contributed by atoms with Crippen molar-refractivity contribution < 1.29 is 9.18 Å². The fourth-order valence-electron chi connectivity index (χ4n) is 2.99. The average Bonchev–Trinajstić information content (AvgIpc) is 3.38. The zero-order chi connectivity index (χ0) is 20.9. The number of hydrogen-bond donors (Lipinski definition) is 0. The van der Waals surface area contributed by atoms with Gasteiger partial charge >= 0.3 is 0 Å². The highest BCUT2D eigenvalue weighted by Crippen LogP contribution is 2.28. The Morgan fingerprint density at radius 1 is 1.03 bits per heavy atom. The molecule has 0 N–H and O–H groups in total. The molecule has 0 aliphatic carbocycles. The molecule has 152 valence electrons. The number of benzene rings is 2. The minimum Gasteiger partial charge on any atom is -0.302 e. The van der Waals surface area contributed by atoms with Crippen LogP contribution >= 0.6 is 34.7 Å². The summed E-state index contributed by atoms with van der Waals surface area (Å²) in [7, 11) is 0. The maximum atomic E-state index is 14.4. The summed E-state index contributed by atoms with van der Waals surface area (Å²) < 4.78 is 16.9. The van der Waals surface area contributed by atoms with Crippen molar-refractivity contribution in [1.82, 2.24) is 14.8 Å². The van der Waals surface area contributed by atoms with Gasteiger partial charge in [0.05, 0.1) is 20.5 Å². The third kappa shape index (κ3) is 4.80. The Balaban J connectivity index is 1.59. The Morgan fingerprint density at radius 3 is 2.53 bits per heavy atom. The lowest BCUT2D eigenvalue weighted by Crippen LogP contribution is -2.07. The molecule has 4 nitrogen and oxygen atoms in total. The number of ketones is 1. The molecular formula is C22H17ClFN3OS2. The van der Waals surface area contributed by atoms with Gasteiger partial charge in [-0.2, -0.15) is 0 Å². The van der Waals surface area contributed by atoms with Gasteiger partial charge in [0.15, 0.2) is 16.8 Å². The maximum Gasteiger partial charge on any atom is 0.191 e. The van der Waals surface area contributed by atoms with E-state index in [1.165, 1.54) is 29.2 Å². The lowest BCUT2D eigenvalue weighted by atomic mass is 10.1. The second kappa shape index (κ2) is 9.55. The van der Waals surface area contributed by atoms with Crippen molar-refractivity contribution in [3.8, 4) is 11.4 Å². The number of carbonyl (C=O) groups is 1. The molecule has 4 rings (SSSR count). The van der Waals surface area contributed by atoms with Crippen molar-refractivity contribution in [3.63, 3.8) is 0 Å². The number of aryl methyl sites for hydroxylation is 1. The lowest BCUT2D eigenvalue weighted by molar-refractivity contribution is 0.102. The van der Waals surface area contributed by atoms with E-state index in [2.05, 4.69) is 10.2 Å². The summed E-state index contributed by atoms with van der Waals surface area (Å²) in [6.45, 7) is 0.571. The fourth-order valence-corrected chi connectivity index (χ4v) is 4.91. The molecule has 4 aromatic rings. The number of thiophene rings is 1. The number of hydrogen-bond acceptors (Lipinski definition) is 5. The molecule has 0 fully saturated rings. The standard InChI is InChI=1S/C22H17ClFN3OS2/c23-20-11-10-19(30-20)18(28)14-29-22-26-25-21(16-8-4-5-9-17(16)24)27(22)13-12-15-6-2-1-3-7-15/h1-11H,12-14H2. The highest BCUT2D eigenvalue weighted by Gasteiger charge is 2.19. The van der Waals surface area contributed by atoms with Gasteiger partial charge in [0.1, 0.15) is 5.82 Å². The molecule has 0 saturated heterocycles. The van der Waals surface area contributed by atoms with Gasteiger partial charge in [-0.15, -0.1) is 21.5 Å². The van der Waals surface area contributed by atoms with Crippen molar-refractivity contribution in [1.29, 1.82) is 0 Å². The molecule has 2 aromatic carbocycles. The third-order valence-corrected chi connectivity index (χ3v) is 6.72. The summed E-state index contributed by atoms with van der Waals surface area (Å²) in [4.78, 5) is 13.1. The normalized spacial score (nSPS) is 11.0. The van der Waals surface area contributed by atoms with Crippen LogP contribution in [0, 0.1) is 5.82 Å². The fraction of sp³-hybridized carbons (Fsp3) is 0.136. The van der Waals surface area contributed by atoms with Crippen LogP contribution in [0.5, 0.6) is 0 Å². The number of rotatable bonds is 8. The van der Waals surface area contributed by atoms with Gasteiger partial charge in [-0.3, -0.25) is 4.79 Å². The first-order valence-corrected chi connectivity index (χ1v) is 11.4. The highest BCUT2D eigenvalue weighted by atomic mass is 35.5. The van der Waals surface area contributed by atoms with Gasteiger partial charge in [0.25, 0.3) is 0 Å². The molecule has 8 heteroatoms. The molecule has 0 atom stereocenters. The summed E-state index contributed by atoms with van der Waals surface area (Å²) in [5.41, 5.74) is 1.55. The van der Waals surface area contributed by atoms with Crippen molar-refractivity contribution >= 4 is 40.5 Å². The van der Waals surface area contributed by atoms with E-state index in [0.717, 1.165) is 12.0 Å². The predicted molar refractivity (Wildman–Crippen MR) is 120 cm³/mol. The van der Waals surface area contributed by atoms with Crippen molar-refractivity contribution in [3.05, 3.63) is 87.3 Å². The Hall–Kier alpha value is -2.48. The highest BCUT2D eigenvalue weighted by molar-refractivity contribution is 7.99. The zero-order valence-corrected chi connectivity index (χ0v) is 18.2. The van der Waals surface area contributed by atoms with Crippen LogP contribution < -0.4 is 0 Å². The van der Waals surface area contributed by atoms with Gasteiger partial charge < -0.3 is 4.57 Å². The Kier molecular flexibility index (Phi) is 6.62. The third-order valence-electron chi connectivity index (χ3n) is 4.48. The Labute approximate surface area is 186 Å². The van der Waals surface area contributed by atoms with E-state index in [1.54, 1.807) is 30.3 Å². The van der Waals surface area contributed by atoms with E-state index in [1.807, 2.05) is 34.9 Å². The van der Waals surface area contributed by atoms with Gasteiger partial charge in [0.2, 0.25) is 0 Å². The van der Waals surface area contributed by atoms with Gasteiger partial charge in [-0.05, 0) is 36.2 Å². The molecule has 0 saturated carbocycles. The molecule has 2 aromatic heterocycles. The number of carbonyl (C=O) groups excluding carboxylic acids is 1. The molecule has 0 aliphatic rings. The van der Waals surface area contributed by atoms with Crippen molar-refractivity contribution in [2.24, 2.45) is 0 Å². The second-order valence-corrected chi connectivity index (χ2v) is 9.15. The van der Waals surface area contributed by atoms with E-state index in [-0.39, 0.29) is 17.4 Å². The summed E-state index contributed by atoms with van der Waals surface area (Å²) in [6, 6.07) is 20.0. The van der Waals surface area contributed by atoms with Gasteiger partial charge in [0, 0.05) is 6.54 Å². The van der Waals surface area contributed by atoms with Crippen LogP contribution in [0.2, 0.25) is 4.34 Å². The first-order valence-electron chi connectivity index (χ1n) is 9.25.